The monoisotopic (exact) mass is 492 g/mol. The molecule has 0 amide bonds. The van der Waals surface area contributed by atoms with Crippen molar-refractivity contribution in [2.24, 2.45) is 11.3 Å². The number of carbonyl (C=O) groups is 2. The minimum atomic E-state index is -1.30. The molecule has 3 aliphatic carbocycles. The summed E-state index contributed by atoms with van der Waals surface area (Å²) in [5.74, 6) is -1.24. The molecule has 1 aromatic rings. The van der Waals surface area contributed by atoms with Gasteiger partial charge in [0.2, 0.25) is 0 Å². The van der Waals surface area contributed by atoms with Crippen molar-refractivity contribution in [3.8, 4) is 0 Å². The van der Waals surface area contributed by atoms with Crippen molar-refractivity contribution in [2.45, 2.75) is 26.7 Å². The van der Waals surface area contributed by atoms with Gasteiger partial charge in [0.1, 0.15) is 0 Å². The molecule has 1 aromatic carbocycles. The SMILES string of the molecule is [CH2-]C1CC(C(=O)OCC)(C(=O)OCC)CC1=[C-]c1ccccc1.[CH]1[CH][CH][CH][CH]1.[CH]1[CH][CH][CH][CH]1.[Ti+2]. The smallest absolute Gasteiger partial charge is 0.465 e. The third kappa shape index (κ3) is 9.70. The molecule has 0 N–H and O–H groups in total. The van der Waals surface area contributed by atoms with E-state index in [-0.39, 0.29) is 47.3 Å². The van der Waals surface area contributed by atoms with Crippen LogP contribution in [0.15, 0.2) is 35.9 Å². The average molecular weight is 492 g/mol. The molecule has 5 heteroatoms. The molecule has 4 nitrogen and oxygen atoms in total. The third-order valence-corrected chi connectivity index (χ3v) is 5.10. The molecule has 176 valence electrons. The number of allylic oxidation sites excluding steroid dienone is 1. The van der Waals surface area contributed by atoms with Gasteiger partial charge < -0.3 is 16.4 Å². The number of esters is 2. The Morgan fingerprint density at radius 1 is 0.853 bits per heavy atom. The first-order chi connectivity index (χ1) is 16.0. The van der Waals surface area contributed by atoms with Crippen molar-refractivity contribution in [3.05, 3.63) is 119 Å². The fraction of sp³-hybridized carbons (Fsp3) is 0.276. The zero-order valence-corrected chi connectivity index (χ0v) is 21.5. The first-order valence-electron chi connectivity index (χ1n) is 11.2. The number of rotatable bonds is 5. The van der Waals surface area contributed by atoms with Crippen LogP contribution < -0.4 is 0 Å². The van der Waals surface area contributed by atoms with Crippen LogP contribution in [0, 0.1) is 88.5 Å². The maximum Gasteiger partial charge on any atom is 2.00 e. The van der Waals surface area contributed by atoms with E-state index in [9.17, 15) is 9.59 Å². The van der Waals surface area contributed by atoms with Gasteiger partial charge in [0.15, 0.2) is 5.41 Å². The standard InChI is InChI=1S/C19H22O4.2C5H5.Ti/c1-4-22-17(20)19(18(21)23-5-2)12-14(3)16(13-19)11-15-9-7-6-8-10-15;2*1-2-4-5-3-1;/h6-10,14H,3-5,12-13H2,1-2H3;2*1-5H;/q-2;;;+2. The maximum atomic E-state index is 12.4. The summed E-state index contributed by atoms with van der Waals surface area (Å²) in [7, 11) is 0. The number of ether oxygens (including phenoxy) is 2. The van der Waals surface area contributed by atoms with Gasteiger partial charge in [0, 0.05) is 0 Å². The van der Waals surface area contributed by atoms with E-state index in [2.05, 4.69) is 13.0 Å². The number of hydrogen-bond donors (Lipinski definition) is 0. The summed E-state index contributed by atoms with van der Waals surface area (Å²) in [6, 6.07) is 9.61. The van der Waals surface area contributed by atoms with Gasteiger partial charge in [0.05, 0.1) is 13.2 Å². The van der Waals surface area contributed by atoms with Crippen molar-refractivity contribution < 1.29 is 40.8 Å². The van der Waals surface area contributed by atoms with Crippen LogP contribution in [0.4, 0.5) is 0 Å². The van der Waals surface area contributed by atoms with Gasteiger partial charge in [-0.3, -0.25) is 9.59 Å². The molecule has 0 saturated heterocycles. The molecule has 1 unspecified atom stereocenters. The van der Waals surface area contributed by atoms with Gasteiger partial charge >= 0.3 is 33.7 Å². The van der Waals surface area contributed by atoms with Gasteiger partial charge in [-0.05, 0) is 90.9 Å². The largest absolute Gasteiger partial charge is 2.00 e. The molecule has 3 aliphatic rings. The first kappa shape index (κ1) is 30.6. The molecular formula is C29H32O4Ti. The Hall–Kier alpha value is -1.39. The van der Waals surface area contributed by atoms with Crippen LogP contribution in [-0.2, 0) is 40.8 Å². The fourth-order valence-electron chi connectivity index (χ4n) is 3.51. The van der Waals surface area contributed by atoms with Crippen LogP contribution in [0.5, 0.6) is 0 Å². The zero-order valence-electron chi connectivity index (χ0n) is 19.9. The minimum absolute atomic E-state index is 0. The number of benzene rings is 1. The summed E-state index contributed by atoms with van der Waals surface area (Å²) in [6.45, 7) is 7.98. The van der Waals surface area contributed by atoms with E-state index in [1.54, 1.807) is 13.8 Å². The Bertz CT molecular complexity index is 693. The van der Waals surface area contributed by atoms with Crippen LogP contribution in [0.2, 0.25) is 0 Å². The van der Waals surface area contributed by atoms with E-state index >= 15 is 0 Å². The number of hydrogen-bond acceptors (Lipinski definition) is 4. The summed E-state index contributed by atoms with van der Waals surface area (Å²) >= 11 is 0. The Balaban J connectivity index is 0.000000430. The van der Waals surface area contributed by atoms with E-state index < -0.39 is 17.4 Å². The van der Waals surface area contributed by atoms with Crippen LogP contribution >= 0.6 is 0 Å². The Labute approximate surface area is 222 Å². The van der Waals surface area contributed by atoms with Gasteiger partial charge in [-0.25, -0.2) is 0 Å². The average Bonchev–Trinajstić information content (AvgIpc) is 3.61. The van der Waals surface area contributed by atoms with Gasteiger partial charge in [-0.1, -0.05) is 6.07 Å². The Morgan fingerprint density at radius 3 is 1.65 bits per heavy atom. The van der Waals surface area contributed by atoms with E-state index in [0.717, 1.165) is 11.1 Å². The molecule has 1 atom stereocenters. The van der Waals surface area contributed by atoms with Crippen molar-refractivity contribution in [1.29, 1.82) is 0 Å². The predicted molar refractivity (Wildman–Crippen MR) is 129 cm³/mol. The van der Waals surface area contributed by atoms with Crippen molar-refractivity contribution >= 4 is 11.9 Å². The molecule has 34 heavy (non-hydrogen) atoms. The molecule has 10 radical (unpaired) electrons. The summed E-state index contributed by atoms with van der Waals surface area (Å²) in [4.78, 5) is 24.9. The second-order valence-electron chi connectivity index (χ2n) is 7.54. The van der Waals surface area contributed by atoms with E-state index in [1.807, 2.05) is 94.5 Å². The molecule has 0 bridgehead atoms. The van der Waals surface area contributed by atoms with Crippen LogP contribution in [0.25, 0.3) is 0 Å². The predicted octanol–water partition coefficient (Wildman–Crippen LogP) is 5.16. The second kappa shape index (κ2) is 17.1. The maximum absolute atomic E-state index is 12.4. The summed E-state index contributed by atoms with van der Waals surface area (Å²) in [5.41, 5.74) is 0.451. The normalized spacial score (nSPS) is 21.4. The molecular weight excluding hydrogens is 460 g/mol. The first-order valence-corrected chi connectivity index (χ1v) is 11.2. The quantitative estimate of drug-likeness (QED) is 0.247. The van der Waals surface area contributed by atoms with Gasteiger partial charge in [0.25, 0.3) is 0 Å². The van der Waals surface area contributed by atoms with Crippen LogP contribution in [0.3, 0.4) is 0 Å². The molecule has 0 heterocycles. The van der Waals surface area contributed by atoms with Gasteiger partial charge in [-0.2, -0.15) is 35.3 Å². The third-order valence-electron chi connectivity index (χ3n) is 5.10. The molecule has 3 saturated carbocycles. The zero-order chi connectivity index (χ0) is 23.9. The van der Waals surface area contributed by atoms with E-state index in [1.165, 1.54) is 0 Å². The summed E-state index contributed by atoms with van der Waals surface area (Å²) < 4.78 is 10.3. The van der Waals surface area contributed by atoms with E-state index in [4.69, 9.17) is 9.47 Å². The topological polar surface area (TPSA) is 52.6 Å². The minimum Gasteiger partial charge on any atom is -0.465 e. The number of carbonyl (C=O) groups excluding carboxylic acids is 2. The molecule has 0 aromatic heterocycles. The Kier molecular flexibility index (Phi) is 15.4. The molecule has 0 spiro atoms. The fourth-order valence-corrected chi connectivity index (χ4v) is 3.51. The van der Waals surface area contributed by atoms with Crippen molar-refractivity contribution in [1.82, 2.24) is 0 Å². The van der Waals surface area contributed by atoms with E-state index in [0.29, 0.717) is 6.42 Å². The van der Waals surface area contributed by atoms with Crippen molar-refractivity contribution in [2.75, 3.05) is 13.2 Å². The van der Waals surface area contributed by atoms with Crippen molar-refractivity contribution in [3.63, 3.8) is 0 Å². The van der Waals surface area contributed by atoms with Gasteiger partial charge in [-0.15, -0.1) is 12.1 Å². The summed E-state index contributed by atoms with van der Waals surface area (Å²) in [5, 5.41) is 0. The molecule has 3 fully saturated rings. The molecule has 0 aliphatic heterocycles. The van der Waals surface area contributed by atoms with Crippen LogP contribution in [-0.4, -0.2) is 25.2 Å². The Morgan fingerprint density at radius 2 is 1.26 bits per heavy atom. The second-order valence-corrected chi connectivity index (χ2v) is 7.54. The molecule has 4 rings (SSSR count). The summed E-state index contributed by atoms with van der Waals surface area (Å²) in [6.07, 6.45) is 23.8. The van der Waals surface area contributed by atoms with Crippen LogP contribution in [0.1, 0.15) is 32.3 Å².